The smallest absolute Gasteiger partial charge is 0.247 e. The number of benzene rings is 2. The predicted octanol–water partition coefficient (Wildman–Crippen LogP) is 4.31. The van der Waals surface area contributed by atoms with Crippen molar-refractivity contribution in [1.82, 2.24) is 10.2 Å². The first kappa shape index (κ1) is 13.6. The third kappa shape index (κ3) is 3.23. The van der Waals surface area contributed by atoms with Gasteiger partial charge in [-0.3, -0.25) is 0 Å². The first-order valence-corrected chi connectivity index (χ1v) is 6.98. The van der Waals surface area contributed by atoms with Crippen LogP contribution in [0, 0.1) is 6.92 Å². The summed E-state index contributed by atoms with van der Waals surface area (Å²) in [6, 6.07) is 15.5. The highest BCUT2D eigenvalue weighted by Crippen LogP contribution is 2.22. The topological polar surface area (TPSA) is 51.0 Å². The summed E-state index contributed by atoms with van der Waals surface area (Å²) in [5.41, 5.74) is 2.92. The Bertz CT molecular complexity index is 755. The van der Waals surface area contributed by atoms with Gasteiger partial charge in [-0.05, 0) is 31.2 Å². The lowest BCUT2D eigenvalue weighted by Crippen LogP contribution is -1.99. The van der Waals surface area contributed by atoms with Gasteiger partial charge in [0.2, 0.25) is 11.8 Å². The van der Waals surface area contributed by atoms with Gasteiger partial charge in [-0.25, -0.2) is 0 Å². The highest BCUT2D eigenvalue weighted by Gasteiger charge is 2.09. The second kappa shape index (κ2) is 5.97. The van der Waals surface area contributed by atoms with Crippen molar-refractivity contribution in [2.45, 2.75) is 13.5 Å². The quantitative estimate of drug-likeness (QED) is 0.780. The molecule has 1 N–H and O–H groups in total. The van der Waals surface area contributed by atoms with Crippen LogP contribution < -0.4 is 5.32 Å². The van der Waals surface area contributed by atoms with Crippen LogP contribution in [0.5, 0.6) is 0 Å². The number of para-hydroxylation sites is 1. The molecule has 21 heavy (non-hydrogen) atoms. The van der Waals surface area contributed by atoms with Gasteiger partial charge in [0.15, 0.2) is 0 Å². The van der Waals surface area contributed by atoms with Gasteiger partial charge >= 0.3 is 0 Å². The molecule has 0 aliphatic heterocycles. The van der Waals surface area contributed by atoms with Crippen molar-refractivity contribution >= 4 is 17.3 Å². The molecule has 1 heterocycles. The van der Waals surface area contributed by atoms with Crippen molar-refractivity contribution in [3.05, 3.63) is 65.0 Å². The number of anilines is 1. The van der Waals surface area contributed by atoms with Gasteiger partial charge in [0.25, 0.3) is 0 Å². The van der Waals surface area contributed by atoms with Gasteiger partial charge < -0.3 is 9.73 Å². The standard InChI is InChI=1S/C16H14ClN3O/c1-11-5-4-6-12(9-11)16-20-19-15(21-16)10-18-14-8-3-2-7-13(14)17/h2-9,18H,10H2,1H3. The average Bonchev–Trinajstić information content (AvgIpc) is 2.95. The van der Waals surface area contributed by atoms with Gasteiger partial charge in [0, 0.05) is 5.56 Å². The first-order valence-electron chi connectivity index (χ1n) is 6.60. The van der Waals surface area contributed by atoms with E-state index in [2.05, 4.69) is 15.5 Å². The van der Waals surface area contributed by atoms with E-state index in [-0.39, 0.29) is 0 Å². The highest BCUT2D eigenvalue weighted by atomic mass is 35.5. The number of aryl methyl sites for hydroxylation is 1. The molecule has 0 saturated carbocycles. The molecule has 0 aliphatic rings. The number of nitrogens with one attached hydrogen (secondary N) is 1. The van der Waals surface area contributed by atoms with E-state index >= 15 is 0 Å². The molecule has 0 fully saturated rings. The van der Waals surface area contributed by atoms with Crippen LogP contribution in [-0.2, 0) is 6.54 Å². The summed E-state index contributed by atoms with van der Waals surface area (Å²) < 4.78 is 5.66. The van der Waals surface area contributed by atoms with Gasteiger partial charge in [0.1, 0.15) is 0 Å². The zero-order chi connectivity index (χ0) is 14.7. The van der Waals surface area contributed by atoms with Gasteiger partial charge in [-0.1, -0.05) is 41.4 Å². The van der Waals surface area contributed by atoms with E-state index < -0.39 is 0 Å². The summed E-state index contributed by atoms with van der Waals surface area (Å²) >= 11 is 6.08. The van der Waals surface area contributed by atoms with Crippen LogP contribution in [0.15, 0.2) is 52.9 Å². The summed E-state index contributed by atoms with van der Waals surface area (Å²) in [6.07, 6.45) is 0. The van der Waals surface area contributed by atoms with Gasteiger partial charge in [-0.15, -0.1) is 10.2 Å². The van der Waals surface area contributed by atoms with Crippen LogP contribution in [0.1, 0.15) is 11.5 Å². The van der Waals surface area contributed by atoms with E-state index in [0.29, 0.717) is 23.3 Å². The molecule has 0 atom stereocenters. The number of nitrogens with zero attached hydrogens (tertiary/aromatic N) is 2. The lowest BCUT2D eigenvalue weighted by atomic mass is 10.1. The molecule has 0 aliphatic carbocycles. The maximum absolute atomic E-state index is 6.08. The van der Waals surface area contributed by atoms with Gasteiger partial charge in [0.05, 0.1) is 17.3 Å². The Morgan fingerprint density at radius 2 is 1.95 bits per heavy atom. The molecule has 0 radical (unpaired) electrons. The Labute approximate surface area is 127 Å². The SMILES string of the molecule is Cc1cccc(-c2nnc(CNc3ccccc3Cl)o2)c1. The van der Waals surface area contributed by atoms with Crippen LogP contribution in [0.25, 0.3) is 11.5 Å². The number of hydrogen-bond acceptors (Lipinski definition) is 4. The van der Waals surface area contributed by atoms with E-state index in [4.69, 9.17) is 16.0 Å². The van der Waals surface area contributed by atoms with Crippen molar-refractivity contribution in [3.8, 4) is 11.5 Å². The molecule has 0 unspecified atom stereocenters. The molecule has 2 aromatic carbocycles. The van der Waals surface area contributed by atoms with Crippen molar-refractivity contribution in [3.63, 3.8) is 0 Å². The Balaban J connectivity index is 1.72. The first-order chi connectivity index (χ1) is 10.2. The van der Waals surface area contributed by atoms with Crippen LogP contribution in [-0.4, -0.2) is 10.2 Å². The van der Waals surface area contributed by atoms with Crippen LogP contribution in [0.3, 0.4) is 0 Å². The molecule has 4 nitrogen and oxygen atoms in total. The van der Waals surface area contributed by atoms with Crippen molar-refractivity contribution < 1.29 is 4.42 Å². The zero-order valence-electron chi connectivity index (χ0n) is 11.5. The van der Waals surface area contributed by atoms with Crippen LogP contribution in [0.4, 0.5) is 5.69 Å². The number of aromatic nitrogens is 2. The fourth-order valence-corrected chi connectivity index (χ4v) is 2.20. The summed E-state index contributed by atoms with van der Waals surface area (Å²) in [5, 5.41) is 12.0. The molecule has 0 amide bonds. The number of halogens is 1. The van der Waals surface area contributed by atoms with Gasteiger partial charge in [-0.2, -0.15) is 0 Å². The molecule has 1 aromatic heterocycles. The second-order valence-electron chi connectivity index (χ2n) is 4.70. The van der Waals surface area contributed by atoms with E-state index in [0.717, 1.165) is 16.8 Å². The number of rotatable bonds is 4. The molecule has 3 rings (SSSR count). The lowest BCUT2D eigenvalue weighted by Gasteiger charge is -2.04. The summed E-state index contributed by atoms with van der Waals surface area (Å²) in [6.45, 7) is 2.46. The summed E-state index contributed by atoms with van der Waals surface area (Å²) in [5.74, 6) is 1.04. The minimum Gasteiger partial charge on any atom is -0.419 e. The second-order valence-corrected chi connectivity index (χ2v) is 5.11. The fraction of sp³-hybridized carbons (Fsp3) is 0.125. The maximum atomic E-state index is 6.08. The molecule has 5 heteroatoms. The molecule has 106 valence electrons. The summed E-state index contributed by atoms with van der Waals surface area (Å²) in [4.78, 5) is 0. The normalized spacial score (nSPS) is 10.6. The van der Waals surface area contributed by atoms with Crippen molar-refractivity contribution in [1.29, 1.82) is 0 Å². The highest BCUT2D eigenvalue weighted by molar-refractivity contribution is 6.33. The van der Waals surface area contributed by atoms with E-state index in [9.17, 15) is 0 Å². The largest absolute Gasteiger partial charge is 0.419 e. The molecule has 0 bridgehead atoms. The molecule has 0 spiro atoms. The Kier molecular flexibility index (Phi) is 3.88. The van der Waals surface area contributed by atoms with E-state index in [1.165, 1.54) is 0 Å². The Hall–Kier alpha value is -2.33. The molecule has 0 saturated heterocycles. The minimum absolute atomic E-state index is 0.433. The Morgan fingerprint density at radius 1 is 1.10 bits per heavy atom. The molecule has 3 aromatic rings. The van der Waals surface area contributed by atoms with E-state index in [1.807, 2.05) is 55.5 Å². The average molecular weight is 300 g/mol. The van der Waals surface area contributed by atoms with E-state index in [1.54, 1.807) is 0 Å². The predicted molar refractivity (Wildman–Crippen MR) is 83.2 cm³/mol. The zero-order valence-corrected chi connectivity index (χ0v) is 12.3. The fourth-order valence-electron chi connectivity index (χ4n) is 2.00. The summed E-state index contributed by atoms with van der Waals surface area (Å²) in [7, 11) is 0. The monoisotopic (exact) mass is 299 g/mol. The van der Waals surface area contributed by atoms with Crippen molar-refractivity contribution in [2.24, 2.45) is 0 Å². The molecular weight excluding hydrogens is 286 g/mol. The van der Waals surface area contributed by atoms with Crippen molar-refractivity contribution in [2.75, 3.05) is 5.32 Å². The third-order valence-electron chi connectivity index (χ3n) is 3.04. The van der Waals surface area contributed by atoms with Crippen LogP contribution in [0.2, 0.25) is 5.02 Å². The maximum Gasteiger partial charge on any atom is 0.247 e. The lowest BCUT2D eigenvalue weighted by molar-refractivity contribution is 0.515. The molecular formula is C16H14ClN3O. The third-order valence-corrected chi connectivity index (χ3v) is 3.37. The van der Waals surface area contributed by atoms with Crippen LogP contribution >= 0.6 is 11.6 Å². The Morgan fingerprint density at radius 3 is 2.76 bits per heavy atom. The number of hydrogen-bond donors (Lipinski definition) is 1. The minimum atomic E-state index is 0.433.